The van der Waals surface area contributed by atoms with Crippen molar-refractivity contribution in [1.82, 2.24) is 20.2 Å². The van der Waals surface area contributed by atoms with Gasteiger partial charge in [0.15, 0.2) is 5.69 Å². The fourth-order valence-electron chi connectivity index (χ4n) is 4.41. The van der Waals surface area contributed by atoms with Crippen LogP contribution in [0.1, 0.15) is 47.1 Å². The predicted molar refractivity (Wildman–Crippen MR) is 107 cm³/mol. The second-order valence-corrected chi connectivity index (χ2v) is 7.92. The van der Waals surface area contributed by atoms with Gasteiger partial charge in [0.25, 0.3) is 11.5 Å². The fraction of sp³-hybridized carbons (Fsp3) is 0.429. The lowest BCUT2D eigenvalue weighted by molar-refractivity contribution is 0.0941. The molecular formula is C21H23FN4O5. The van der Waals surface area contributed by atoms with Crippen LogP contribution in [0.15, 0.2) is 29.1 Å². The normalized spacial score (nSPS) is 21.7. The molecule has 2 amide bonds. The van der Waals surface area contributed by atoms with Gasteiger partial charge in [-0.15, -0.1) is 0 Å². The molecule has 2 aliphatic heterocycles. The maximum absolute atomic E-state index is 13.0. The molecule has 1 aromatic heterocycles. The number of hydrogen-bond donors (Lipinski definition) is 3. The molecule has 3 aliphatic rings. The number of fused-ring (bicyclic) bond motifs is 2. The SMILES string of the molecule is COC(=O)NC1CC2CCC1c1nc(C(=O)NCc3ccc(F)cc3)c(O)c(=O)n1C2. The maximum atomic E-state index is 13.0. The van der Waals surface area contributed by atoms with E-state index in [2.05, 4.69) is 15.6 Å². The van der Waals surface area contributed by atoms with Crippen molar-refractivity contribution >= 4 is 12.0 Å². The second kappa shape index (κ2) is 8.37. The molecule has 9 nitrogen and oxygen atoms in total. The first-order chi connectivity index (χ1) is 14.9. The summed E-state index contributed by atoms with van der Waals surface area (Å²) in [4.78, 5) is 41.7. The first-order valence-electron chi connectivity index (χ1n) is 10.1. The van der Waals surface area contributed by atoms with Gasteiger partial charge in [0.1, 0.15) is 11.6 Å². The van der Waals surface area contributed by atoms with Crippen LogP contribution >= 0.6 is 0 Å². The molecule has 10 heteroatoms. The van der Waals surface area contributed by atoms with Gasteiger partial charge >= 0.3 is 6.09 Å². The molecular weight excluding hydrogens is 407 g/mol. The summed E-state index contributed by atoms with van der Waals surface area (Å²) < 4.78 is 19.2. The minimum absolute atomic E-state index is 0.0800. The Morgan fingerprint density at radius 2 is 2.03 bits per heavy atom. The molecule has 0 spiro atoms. The number of methoxy groups -OCH3 is 1. The van der Waals surface area contributed by atoms with E-state index in [4.69, 9.17) is 4.74 Å². The van der Waals surface area contributed by atoms with Gasteiger partial charge in [-0.05, 0) is 42.9 Å². The van der Waals surface area contributed by atoms with Gasteiger partial charge in [-0.3, -0.25) is 14.2 Å². The molecule has 5 rings (SSSR count). The molecule has 3 unspecified atom stereocenters. The zero-order valence-corrected chi connectivity index (χ0v) is 16.9. The van der Waals surface area contributed by atoms with E-state index >= 15 is 0 Å². The Bertz CT molecular complexity index is 1070. The summed E-state index contributed by atoms with van der Waals surface area (Å²) in [5, 5.41) is 15.8. The first-order valence-corrected chi connectivity index (χ1v) is 10.1. The van der Waals surface area contributed by atoms with Crippen LogP contribution in [0.3, 0.4) is 0 Å². The van der Waals surface area contributed by atoms with E-state index in [1.165, 1.54) is 35.9 Å². The summed E-state index contributed by atoms with van der Waals surface area (Å²) in [5.74, 6) is -1.58. The summed E-state index contributed by atoms with van der Waals surface area (Å²) in [6, 6.07) is 5.31. The Balaban J connectivity index is 1.63. The van der Waals surface area contributed by atoms with Crippen molar-refractivity contribution in [3.63, 3.8) is 0 Å². The molecule has 0 saturated heterocycles. The smallest absolute Gasteiger partial charge is 0.407 e. The van der Waals surface area contributed by atoms with E-state index in [1.807, 2.05) is 0 Å². The van der Waals surface area contributed by atoms with E-state index in [-0.39, 0.29) is 30.1 Å². The number of rotatable bonds is 4. The number of nitrogens with one attached hydrogen (secondary N) is 2. The van der Waals surface area contributed by atoms with Crippen molar-refractivity contribution in [3.8, 4) is 5.75 Å². The highest BCUT2D eigenvalue weighted by Gasteiger charge is 2.40. The van der Waals surface area contributed by atoms with Crippen LogP contribution in [0.4, 0.5) is 9.18 Å². The van der Waals surface area contributed by atoms with Crippen LogP contribution in [-0.4, -0.2) is 39.8 Å². The van der Waals surface area contributed by atoms with Gasteiger partial charge in [-0.1, -0.05) is 12.1 Å². The molecule has 31 heavy (non-hydrogen) atoms. The van der Waals surface area contributed by atoms with Gasteiger partial charge < -0.3 is 20.5 Å². The predicted octanol–water partition coefficient (Wildman–Crippen LogP) is 1.64. The average Bonchev–Trinajstić information content (AvgIpc) is 3.03. The molecule has 164 valence electrons. The minimum Gasteiger partial charge on any atom is -0.501 e. The first kappa shape index (κ1) is 20.8. The number of alkyl carbamates (subject to hydrolysis) is 1. The lowest BCUT2D eigenvalue weighted by Crippen LogP contribution is -2.42. The number of hydrogen-bond acceptors (Lipinski definition) is 6. The number of nitrogens with zero attached hydrogens (tertiary/aromatic N) is 2. The highest BCUT2D eigenvalue weighted by atomic mass is 19.1. The molecule has 2 aromatic rings. The third kappa shape index (κ3) is 4.10. The van der Waals surface area contributed by atoms with E-state index in [1.54, 1.807) is 0 Å². The highest BCUT2D eigenvalue weighted by Crippen LogP contribution is 2.39. The number of aromatic nitrogens is 2. The number of benzene rings is 1. The van der Waals surface area contributed by atoms with Crippen molar-refractivity contribution in [3.05, 3.63) is 57.5 Å². The van der Waals surface area contributed by atoms with Crippen molar-refractivity contribution in [2.75, 3.05) is 7.11 Å². The van der Waals surface area contributed by atoms with E-state index in [0.29, 0.717) is 30.8 Å². The molecule has 1 aliphatic carbocycles. The summed E-state index contributed by atoms with van der Waals surface area (Å²) in [7, 11) is 1.28. The molecule has 1 saturated carbocycles. The number of amides is 2. The Morgan fingerprint density at radius 3 is 2.74 bits per heavy atom. The number of carbonyl (C=O) groups is 2. The Labute approximate surface area is 177 Å². The number of aromatic hydroxyl groups is 1. The van der Waals surface area contributed by atoms with Crippen molar-refractivity contribution in [1.29, 1.82) is 0 Å². The zero-order valence-electron chi connectivity index (χ0n) is 16.9. The summed E-state index contributed by atoms with van der Waals surface area (Å²) >= 11 is 0. The minimum atomic E-state index is -0.710. The summed E-state index contributed by atoms with van der Waals surface area (Å²) in [5.41, 5.74) is -0.380. The average molecular weight is 430 g/mol. The molecule has 1 fully saturated rings. The fourth-order valence-corrected chi connectivity index (χ4v) is 4.41. The summed E-state index contributed by atoms with van der Waals surface area (Å²) in [6.45, 7) is 0.443. The van der Waals surface area contributed by atoms with E-state index in [0.717, 1.165) is 6.42 Å². The van der Waals surface area contributed by atoms with Crippen LogP contribution in [0.2, 0.25) is 0 Å². The van der Waals surface area contributed by atoms with Crippen LogP contribution < -0.4 is 16.2 Å². The van der Waals surface area contributed by atoms with Crippen LogP contribution in [0, 0.1) is 11.7 Å². The monoisotopic (exact) mass is 430 g/mol. The Hall–Kier alpha value is -3.43. The lowest BCUT2D eigenvalue weighted by Gasteiger charge is -2.31. The third-order valence-electron chi connectivity index (χ3n) is 5.98. The van der Waals surface area contributed by atoms with Crippen molar-refractivity contribution < 1.29 is 23.8 Å². The number of ether oxygens (including phenoxy) is 1. The van der Waals surface area contributed by atoms with Crippen LogP contribution in [0.5, 0.6) is 5.75 Å². The van der Waals surface area contributed by atoms with Gasteiger partial charge in [-0.25, -0.2) is 14.2 Å². The van der Waals surface area contributed by atoms with Gasteiger partial charge in [0.2, 0.25) is 5.75 Å². The second-order valence-electron chi connectivity index (χ2n) is 7.92. The molecule has 3 atom stereocenters. The van der Waals surface area contributed by atoms with Gasteiger partial charge in [0, 0.05) is 25.0 Å². The van der Waals surface area contributed by atoms with E-state index < -0.39 is 29.1 Å². The Kier molecular flexibility index (Phi) is 5.62. The highest BCUT2D eigenvalue weighted by molar-refractivity contribution is 5.94. The molecule has 3 heterocycles. The van der Waals surface area contributed by atoms with Crippen LogP contribution in [-0.2, 0) is 17.8 Å². The lowest BCUT2D eigenvalue weighted by atomic mass is 9.79. The third-order valence-corrected chi connectivity index (χ3v) is 5.98. The van der Waals surface area contributed by atoms with Crippen LogP contribution in [0.25, 0.3) is 0 Å². The number of carbonyl (C=O) groups excluding carboxylic acids is 2. The maximum Gasteiger partial charge on any atom is 0.407 e. The largest absolute Gasteiger partial charge is 0.501 e. The quantitative estimate of drug-likeness (QED) is 0.678. The molecule has 3 N–H and O–H groups in total. The van der Waals surface area contributed by atoms with E-state index in [9.17, 15) is 23.9 Å². The van der Waals surface area contributed by atoms with Crippen molar-refractivity contribution in [2.45, 2.75) is 44.3 Å². The van der Waals surface area contributed by atoms with Crippen molar-refractivity contribution in [2.24, 2.45) is 5.92 Å². The molecule has 1 aromatic carbocycles. The Morgan fingerprint density at radius 1 is 1.29 bits per heavy atom. The molecule has 2 bridgehead atoms. The van der Waals surface area contributed by atoms with Gasteiger partial charge in [0.05, 0.1) is 7.11 Å². The topological polar surface area (TPSA) is 123 Å². The summed E-state index contributed by atoms with van der Waals surface area (Å²) in [6.07, 6.45) is 1.62. The van der Waals surface area contributed by atoms with Gasteiger partial charge in [-0.2, -0.15) is 0 Å². The molecule has 0 radical (unpaired) electrons. The zero-order chi connectivity index (χ0) is 22.1. The number of halogens is 1. The standard InChI is InChI=1S/C21H23FN4O5/c1-31-21(30)24-15-8-12-4-7-14(15)18-25-16(17(27)20(29)26(18)10-12)19(28)23-9-11-2-5-13(22)6-3-11/h2-3,5-6,12,14-15,27H,4,7-10H2,1H3,(H,23,28)(H,24,30).